The number of benzene rings is 1. The first kappa shape index (κ1) is 14.0. The van der Waals surface area contributed by atoms with E-state index in [1.54, 1.807) is 17.0 Å². The number of amides is 1. The number of carbonyl (C=O) groups excluding carboxylic acids is 1. The van der Waals surface area contributed by atoms with Gasteiger partial charge in [-0.1, -0.05) is 11.6 Å². The normalized spacial score (nSPS) is 17.3. The monoisotopic (exact) mass is 311 g/mol. The predicted octanol–water partition coefficient (Wildman–Crippen LogP) is 1.66. The van der Waals surface area contributed by atoms with Gasteiger partial charge in [-0.3, -0.25) is 9.59 Å². The lowest BCUT2D eigenvalue weighted by Gasteiger charge is -2.38. The number of ether oxygens (including phenoxy) is 2. The van der Waals surface area contributed by atoms with Gasteiger partial charge >= 0.3 is 5.97 Å². The van der Waals surface area contributed by atoms with Crippen molar-refractivity contribution in [1.82, 2.24) is 4.90 Å². The van der Waals surface area contributed by atoms with Crippen LogP contribution in [0.5, 0.6) is 11.5 Å². The molecule has 1 fully saturated rings. The summed E-state index contributed by atoms with van der Waals surface area (Å²) in [6.07, 6.45) is 0.0890. The van der Waals surface area contributed by atoms with Crippen LogP contribution in [-0.2, 0) is 4.79 Å². The van der Waals surface area contributed by atoms with Gasteiger partial charge < -0.3 is 19.5 Å². The molecule has 2 aliphatic rings. The molecule has 2 heterocycles. The van der Waals surface area contributed by atoms with Crippen molar-refractivity contribution < 1.29 is 24.2 Å². The summed E-state index contributed by atoms with van der Waals surface area (Å²) < 4.78 is 10.8. The van der Waals surface area contributed by atoms with Crippen molar-refractivity contribution in [2.75, 3.05) is 26.3 Å². The number of carboxylic acids is 1. The fourth-order valence-corrected chi connectivity index (χ4v) is 2.79. The van der Waals surface area contributed by atoms with E-state index in [0.717, 1.165) is 0 Å². The van der Waals surface area contributed by atoms with Crippen LogP contribution in [0.4, 0.5) is 0 Å². The van der Waals surface area contributed by atoms with Crippen molar-refractivity contribution in [2.24, 2.45) is 5.92 Å². The van der Waals surface area contributed by atoms with Crippen molar-refractivity contribution >= 4 is 23.5 Å². The molecule has 7 heteroatoms. The van der Waals surface area contributed by atoms with Crippen LogP contribution in [0.2, 0.25) is 5.02 Å². The molecule has 2 aliphatic heterocycles. The molecule has 0 radical (unpaired) electrons. The highest BCUT2D eigenvalue weighted by Gasteiger charge is 2.33. The summed E-state index contributed by atoms with van der Waals surface area (Å²) in [5.74, 6) is -0.0457. The fraction of sp³-hybridized carbons (Fsp3) is 0.429. The van der Waals surface area contributed by atoms with Gasteiger partial charge in [-0.25, -0.2) is 0 Å². The molecule has 3 rings (SSSR count). The number of carbonyl (C=O) groups is 2. The number of likely N-dealkylation sites (tertiary alicyclic amines) is 1. The Morgan fingerprint density at radius 3 is 2.71 bits per heavy atom. The van der Waals surface area contributed by atoms with Crippen molar-refractivity contribution in [3.63, 3.8) is 0 Å². The summed E-state index contributed by atoms with van der Waals surface area (Å²) in [4.78, 5) is 24.5. The summed E-state index contributed by atoms with van der Waals surface area (Å²) >= 11 is 6.10. The lowest BCUT2D eigenvalue weighted by molar-refractivity contribution is -0.139. The second-order valence-corrected chi connectivity index (χ2v) is 5.56. The third-order valence-corrected chi connectivity index (χ3v) is 3.83. The predicted molar refractivity (Wildman–Crippen MR) is 74.1 cm³/mol. The molecule has 1 saturated heterocycles. The van der Waals surface area contributed by atoms with Crippen LogP contribution in [0.25, 0.3) is 0 Å². The quantitative estimate of drug-likeness (QED) is 0.918. The van der Waals surface area contributed by atoms with Gasteiger partial charge in [0.1, 0.15) is 13.2 Å². The van der Waals surface area contributed by atoms with Crippen LogP contribution >= 0.6 is 11.6 Å². The minimum atomic E-state index is -0.838. The third kappa shape index (κ3) is 2.76. The van der Waals surface area contributed by atoms with Crippen molar-refractivity contribution in [1.29, 1.82) is 0 Å². The van der Waals surface area contributed by atoms with E-state index >= 15 is 0 Å². The molecule has 0 bridgehead atoms. The van der Waals surface area contributed by atoms with E-state index in [9.17, 15) is 9.59 Å². The zero-order valence-corrected chi connectivity index (χ0v) is 11.9. The molecular weight excluding hydrogens is 298 g/mol. The van der Waals surface area contributed by atoms with Crippen LogP contribution in [-0.4, -0.2) is 48.2 Å². The average Bonchev–Trinajstić information content (AvgIpc) is 2.41. The molecule has 1 aromatic carbocycles. The van der Waals surface area contributed by atoms with Gasteiger partial charge in [0.2, 0.25) is 0 Å². The Kier molecular flexibility index (Phi) is 3.63. The number of rotatable bonds is 3. The van der Waals surface area contributed by atoms with Gasteiger partial charge in [0.05, 0.1) is 11.4 Å². The molecule has 0 unspecified atom stereocenters. The van der Waals surface area contributed by atoms with Gasteiger partial charge in [0.15, 0.2) is 11.5 Å². The third-order valence-electron chi connectivity index (χ3n) is 3.55. The maximum absolute atomic E-state index is 12.3. The van der Waals surface area contributed by atoms with E-state index in [1.165, 1.54) is 0 Å². The number of nitrogens with zero attached hydrogens (tertiary/aromatic N) is 1. The van der Waals surface area contributed by atoms with Crippen LogP contribution in [0, 0.1) is 5.92 Å². The molecule has 112 valence electrons. The average molecular weight is 312 g/mol. The highest BCUT2D eigenvalue weighted by Crippen LogP contribution is 2.39. The summed E-state index contributed by atoms with van der Waals surface area (Å²) in [6, 6.07) is 3.18. The Hall–Kier alpha value is -1.95. The Bertz CT molecular complexity index is 597. The standard InChI is InChI=1S/C14H14ClNO5/c15-10-4-9(5-11-13(10)21-2-1-20-11)14(19)16-6-8(7-16)3-12(17)18/h4-5,8H,1-3,6-7H2,(H,17,18). The zero-order valence-electron chi connectivity index (χ0n) is 11.2. The van der Waals surface area contributed by atoms with Gasteiger partial charge in [-0.2, -0.15) is 0 Å². The fourth-order valence-electron chi connectivity index (χ4n) is 2.53. The minimum Gasteiger partial charge on any atom is -0.486 e. The Morgan fingerprint density at radius 1 is 1.29 bits per heavy atom. The maximum Gasteiger partial charge on any atom is 0.303 e. The highest BCUT2D eigenvalue weighted by molar-refractivity contribution is 6.32. The van der Waals surface area contributed by atoms with E-state index < -0.39 is 5.97 Å². The number of hydrogen-bond acceptors (Lipinski definition) is 4. The molecule has 21 heavy (non-hydrogen) atoms. The smallest absolute Gasteiger partial charge is 0.303 e. The number of aliphatic carboxylic acids is 1. The molecule has 1 N–H and O–H groups in total. The van der Waals surface area contributed by atoms with Gasteiger partial charge in [-0.05, 0) is 12.1 Å². The van der Waals surface area contributed by atoms with Crippen LogP contribution in [0.15, 0.2) is 12.1 Å². The summed E-state index contributed by atoms with van der Waals surface area (Å²) in [7, 11) is 0. The summed E-state index contributed by atoms with van der Waals surface area (Å²) in [6.45, 7) is 1.77. The van der Waals surface area contributed by atoms with E-state index in [1.807, 2.05) is 0 Å². The van der Waals surface area contributed by atoms with Gasteiger partial charge in [0, 0.05) is 24.6 Å². The zero-order chi connectivity index (χ0) is 15.0. The van der Waals surface area contributed by atoms with E-state index in [0.29, 0.717) is 48.4 Å². The minimum absolute atomic E-state index is 0.0270. The van der Waals surface area contributed by atoms with Crippen molar-refractivity contribution in [3.05, 3.63) is 22.7 Å². The SMILES string of the molecule is O=C(O)CC1CN(C(=O)c2cc(Cl)c3c(c2)OCCO3)C1. The van der Waals surface area contributed by atoms with Crippen LogP contribution in [0.3, 0.4) is 0 Å². The van der Waals surface area contributed by atoms with Crippen LogP contribution < -0.4 is 9.47 Å². The second-order valence-electron chi connectivity index (χ2n) is 5.16. The van der Waals surface area contributed by atoms with Gasteiger partial charge in [-0.15, -0.1) is 0 Å². The van der Waals surface area contributed by atoms with Crippen molar-refractivity contribution in [3.8, 4) is 11.5 Å². The number of fused-ring (bicyclic) bond motifs is 1. The molecular formula is C14H14ClNO5. The Morgan fingerprint density at radius 2 is 2.00 bits per heavy atom. The number of carboxylic acid groups (broad SMARTS) is 1. The molecule has 1 aromatic rings. The topological polar surface area (TPSA) is 76.1 Å². The first-order valence-electron chi connectivity index (χ1n) is 6.65. The Labute approximate surface area is 126 Å². The van der Waals surface area contributed by atoms with E-state index in [-0.39, 0.29) is 18.2 Å². The molecule has 0 saturated carbocycles. The molecule has 1 amide bonds. The molecule has 0 aliphatic carbocycles. The first-order valence-corrected chi connectivity index (χ1v) is 7.02. The van der Waals surface area contributed by atoms with E-state index in [2.05, 4.69) is 0 Å². The molecule has 6 nitrogen and oxygen atoms in total. The molecule has 0 aromatic heterocycles. The Balaban J connectivity index is 1.71. The van der Waals surface area contributed by atoms with Crippen LogP contribution in [0.1, 0.15) is 16.8 Å². The molecule has 0 atom stereocenters. The number of hydrogen-bond donors (Lipinski definition) is 1. The second kappa shape index (κ2) is 5.44. The number of halogens is 1. The highest BCUT2D eigenvalue weighted by atomic mass is 35.5. The summed E-state index contributed by atoms with van der Waals surface area (Å²) in [5.41, 5.74) is 0.429. The van der Waals surface area contributed by atoms with Gasteiger partial charge in [0.25, 0.3) is 5.91 Å². The van der Waals surface area contributed by atoms with E-state index in [4.69, 9.17) is 26.2 Å². The maximum atomic E-state index is 12.3. The lowest BCUT2D eigenvalue weighted by Crippen LogP contribution is -2.50. The van der Waals surface area contributed by atoms with Crippen molar-refractivity contribution in [2.45, 2.75) is 6.42 Å². The molecule has 0 spiro atoms. The summed E-state index contributed by atoms with van der Waals surface area (Å²) in [5, 5.41) is 9.05. The first-order chi connectivity index (χ1) is 10.0. The lowest BCUT2D eigenvalue weighted by atomic mass is 9.95. The largest absolute Gasteiger partial charge is 0.486 e.